The second-order valence-corrected chi connectivity index (χ2v) is 3.90. The Labute approximate surface area is 102 Å². The number of rotatable bonds is 3. The van der Waals surface area contributed by atoms with Crippen molar-refractivity contribution >= 4 is 12.0 Å². The fourth-order valence-electron chi connectivity index (χ4n) is 1.62. The fourth-order valence-corrected chi connectivity index (χ4v) is 1.62. The third-order valence-corrected chi connectivity index (χ3v) is 2.66. The molecule has 1 aromatic heterocycles. The minimum absolute atomic E-state index is 0.314. The van der Waals surface area contributed by atoms with Gasteiger partial charge < -0.3 is 25.0 Å². The lowest BCUT2D eigenvalue weighted by atomic mass is 10.3. The molecule has 3 N–H and O–H groups in total. The number of hydrogen-bond acceptors (Lipinski definition) is 5. The van der Waals surface area contributed by atoms with E-state index in [1.54, 1.807) is 6.33 Å². The summed E-state index contributed by atoms with van der Waals surface area (Å²) in [6.45, 7) is 1.07. The molecule has 9 heteroatoms. The maximum absolute atomic E-state index is 11.7. The van der Waals surface area contributed by atoms with Crippen LogP contribution in [0.25, 0.3) is 0 Å². The third kappa shape index (κ3) is 2.56. The summed E-state index contributed by atoms with van der Waals surface area (Å²) in [7, 11) is 0. The van der Waals surface area contributed by atoms with Crippen LogP contribution in [0.5, 0.6) is 0 Å². The standard InChI is InChI=1S/C9H13N5O4/c15-6(8(16)17)3-10-9(18)13-1-2-14-5-11-12-7(14)4-13/h5-6,15H,1-4H2,(H,10,18)(H,16,17)/t6-/m0/s1. The lowest BCUT2D eigenvalue weighted by molar-refractivity contribution is -0.146. The Hall–Kier alpha value is -2.16. The molecule has 18 heavy (non-hydrogen) atoms. The van der Waals surface area contributed by atoms with Crippen molar-refractivity contribution in [2.75, 3.05) is 13.1 Å². The van der Waals surface area contributed by atoms with E-state index in [2.05, 4.69) is 15.5 Å². The molecular formula is C9H13N5O4. The number of nitrogens with zero attached hydrogens (tertiary/aromatic N) is 4. The zero-order chi connectivity index (χ0) is 13.1. The van der Waals surface area contributed by atoms with Gasteiger partial charge in [-0.05, 0) is 0 Å². The number of carbonyl (C=O) groups is 2. The number of hydrogen-bond donors (Lipinski definition) is 3. The summed E-state index contributed by atoms with van der Waals surface area (Å²) in [4.78, 5) is 23.6. The zero-order valence-electron chi connectivity index (χ0n) is 9.48. The number of carboxylic acid groups (broad SMARTS) is 1. The SMILES string of the molecule is O=C(O)[C@@H](O)CNC(=O)N1CCn2cnnc2C1. The first-order chi connectivity index (χ1) is 8.58. The predicted molar refractivity (Wildman–Crippen MR) is 57.5 cm³/mol. The molecule has 0 spiro atoms. The highest BCUT2D eigenvalue weighted by atomic mass is 16.4. The van der Waals surface area contributed by atoms with Crippen LogP contribution >= 0.6 is 0 Å². The monoisotopic (exact) mass is 255 g/mol. The van der Waals surface area contributed by atoms with E-state index in [0.717, 1.165) is 0 Å². The van der Waals surface area contributed by atoms with Crippen LogP contribution in [-0.4, -0.2) is 61.1 Å². The van der Waals surface area contributed by atoms with Crippen molar-refractivity contribution < 1.29 is 19.8 Å². The number of aromatic nitrogens is 3. The first kappa shape index (κ1) is 12.3. The smallest absolute Gasteiger partial charge is 0.334 e. The van der Waals surface area contributed by atoms with Gasteiger partial charge in [0.1, 0.15) is 6.33 Å². The van der Waals surface area contributed by atoms with E-state index in [-0.39, 0.29) is 6.54 Å². The van der Waals surface area contributed by atoms with Crippen molar-refractivity contribution in [2.24, 2.45) is 0 Å². The van der Waals surface area contributed by atoms with Crippen molar-refractivity contribution in [3.05, 3.63) is 12.2 Å². The number of aliphatic carboxylic acids is 1. The van der Waals surface area contributed by atoms with Gasteiger partial charge in [-0.25, -0.2) is 9.59 Å². The second kappa shape index (κ2) is 5.00. The molecule has 1 aliphatic heterocycles. The molecule has 0 saturated carbocycles. The number of urea groups is 1. The molecule has 1 atom stereocenters. The number of carbonyl (C=O) groups excluding carboxylic acids is 1. The van der Waals surface area contributed by atoms with E-state index >= 15 is 0 Å². The Morgan fingerprint density at radius 2 is 2.28 bits per heavy atom. The minimum Gasteiger partial charge on any atom is -0.479 e. The van der Waals surface area contributed by atoms with E-state index < -0.39 is 18.1 Å². The number of nitrogens with one attached hydrogen (secondary N) is 1. The van der Waals surface area contributed by atoms with Crippen LogP contribution < -0.4 is 5.32 Å². The molecule has 0 fully saturated rings. The van der Waals surface area contributed by atoms with Gasteiger partial charge in [0, 0.05) is 13.1 Å². The molecule has 9 nitrogen and oxygen atoms in total. The van der Waals surface area contributed by atoms with Crippen LogP contribution in [0.3, 0.4) is 0 Å². The third-order valence-electron chi connectivity index (χ3n) is 2.66. The number of aliphatic hydroxyl groups is 1. The lowest BCUT2D eigenvalue weighted by Gasteiger charge is -2.27. The van der Waals surface area contributed by atoms with Crippen molar-refractivity contribution in [1.29, 1.82) is 0 Å². The summed E-state index contributed by atoms with van der Waals surface area (Å²) in [5.41, 5.74) is 0. The van der Waals surface area contributed by atoms with Gasteiger partial charge >= 0.3 is 12.0 Å². The topological polar surface area (TPSA) is 121 Å². The summed E-state index contributed by atoms with van der Waals surface area (Å²) in [6, 6.07) is -0.426. The molecule has 0 unspecified atom stereocenters. The summed E-state index contributed by atoms with van der Waals surface area (Å²) >= 11 is 0. The Kier molecular flexibility index (Phi) is 3.42. The summed E-state index contributed by atoms with van der Waals surface area (Å²) in [6.07, 6.45) is 0.000986. The van der Waals surface area contributed by atoms with Crippen molar-refractivity contribution in [2.45, 2.75) is 19.2 Å². The Morgan fingerprint density at radius 1 is 1.50 bits per heavy atom. The molecular weight excluding hydrogens is 242 g/mol. The largest absolute Gasteiger partial charge is 0.479 e. The molecule has 0 radical (unpaired) electrons. The number of amides is 2. The molecule has 0 bridgehead atoms. The van der Waals surface area contributed by atoms with Gasteiger partial charge in [-0.2, -0.15) is 0 Å². The summed E-state index contributed by atoms with van der Waals surface area (Å²) in [5, 5.41) is 27.5. The Bertz CT molecular complexity index is 460. The van der Waals surface area contributed by atoms with Crippen LogP contribution in [0.4, 0.5) is 4.79 Å². The quantitative estimate of drug-likeness (QED) is 0.589. The van der Waals surface area contributed by atoms with Gasteiger partial charge in [0.25, 0.3) is 0 Å². The predicted octanol–water partition coefficient (Wildman–Crippen LogP) is -1.75. The van der Waals surface area contributed by atoms with E-state index in [9.17, 15) is 9.59 Å². The van der Waals surface area contributed by atoms with Crippen LogP contribution in [0, 0.1) is 0 Å². The highest BCUT2D eigenvalue weighted by Crippen LogP contribution is 2.08. The molecule has 2 amide bonds. The average molecular weight is 255 g/mol. The zero-order valence-corrected chi connectivity index (χ0v) is 9.48. The van der Waals surface area contributed by atoms with Crippen LogP contribution in [-0.2, 0) is 17.9 Å². The molecule has 0 aliphatic carbocycles. The molecule has 2 rings (SSSR count). The number of carboxylic acids is 1. The van der Waals surface area contributed by atoms with Gasteiger partial charge in [-0.1, -0.05) is 0 Å². The fraction of sp³-hybridized carbons (Fsp3) is 0.556. The van der Waals surface area contributed by atoms with Crippen molar-refractivity contribution in [1.82, 2.24) is 25.0 Å². The van der Waals surface area contributed by atoms with Gasteiger partial charge in [0.2, 0.25) is 0 Å². The molecule has 2 heterocycles. The number of fused-ring (bicyclic) bond motifs is 1. The summed E-state index contributed by atoms with van der Waals surface area (Å²) < 4.78 is 1.84. The van der Waals surface area contributed by atoms with E-state index in [0.29, 0.717) is 25.5 Å². The highest BCUT2D eigenvalue weighted by Gasteiger charge is 2.23. The van der Waals surface area contributed by atoms with Crippen LogP contribution in [0.15, 0.2) is 6.33 Å². The molecule has 1 aliphatic rings. The maximum Gasteiger partial charge on any atom is 0.334 e. The average Bonchev–Trinajstić information content (AvgIpc) is 2.82. The van der Waals surface area contributed by atoms with E-state index in [4.69, 9.17) is 10.2 Å². The molecule has 1 aromatic rings. The molecule has 98 valence electrons. The first-order valence-electron chi connectivity index (χ1n) is 5.38. The van der Waals surface area contributed by atoms with E-state index in [1.807, 2.05) is 4.57 Å². The molecule has 0 aromatic carbocycles. The van der Waals surface area contributed by atoms with Gasteiger partial charge in [0.05, 0.1) is 13.1 Å². The van der Waals surface area contributed by atoms with Crippen LogP contribution in [0.2, 0.25) is 0 Å². The van der Waals surface area contributed by atoms with Gasteiger partial charge in [-0.15, -0.1) is 10.2 Å². The second-order valence-electron chi connectivity index (χ2n) is 3.90. The minimum atomic E-state index is -1.60. The highest BCUT2D eigenvalue weighted by molar-refractivity contribution is 5.76. The van der Waals surface area contributed by atoms with Crippen molar-refractivity contribution in [3.63, 3.8) is 0 Å². The first-order valence-corrected chi connectivity index (χ1v) is 5.38. The molecule has 0 saturated heterocycles. The van der Waals surface area contributed by atoms with Crippen LogP contribution in [0.1, 0.15) is 5.82 Å². The summed E-state index contributed by atoms with van der Waals surface area (Å²) in [5.74, 6) is -0.691. The maximum atomic E-state index is 11.7. The van der Waals surface area contributed by atoms with E-state index in [1.165, 1.54) is 4.90 Å². The van der Waals surface area contributed by atoms with Crippen molar-refractivity contribution in [3.8, 4) is 0 Å². The Balaban J connectivity index is 1.86. The lowest BCUT2D eigenvalue weighted by Crippen LogP contribution is -2.47. The van der Waals surface area contributed by atoms with Gasteiger partial charge in [-0.3, -0.25) is 0 Å². The van der Waals surface area contributed by atoms with Gasteiger partial charge in [0.15, 0.2) is 11.9 Å². The Morgan fingerprint density at radius 3 is 3.00 bits per heavy atom. The number of aliphatic hydroxyl groups excluding tert-OH is 1. The normalized spacial score (nSPS) is 15.9.